The van der Waals surface area contributed by atoms with Gasteiger partial charge in [0.05, 0.1) is 0 Å². The summed E-state index contributed by atoms with van der Waals surface area (Å²) in [5.41, 5.74) is 6.14. The molecule has 0 aliphatic heterocycles. The predicted molar refractivity (Wildman–Crippen MR) is 140 cm³/mol. The van der Waals surface area contributed by atoms with Crippen LogP contribution < -0.4 is 10.9 Å². The number of aromatic nitrogens is 1. The van der Waals surface area contributed by atoms with Crippen molar-refractivity contribution < 1.29 is 4.79 Å². The van der Waals surface area contributed by atoms with Crippen molar-refractivity contribution in [3.05, 3.63) is 99.3 Å². The van der Waals surface area contributed by atoms with Crippen LogP contribution in [-0.4, -0.2) is 22.5 Å². The van der Waals surface area contributed by atoms with E-state index in [1.807, 2.05) is 62.4 Å². The molecular formula is C29H31N3O2. The van der Waals surface area contributed by atoms with Gasteiger partial charge >= 0.3 is 6.03 Å². The van der Waals surface area contributed by atoms with Crippen molar-refractivity contribution in [3.63, 3.8) is 0 Å². The van der Waals surface area contributed by atoms with Crippen LogP contribution in [-0.2, 0) is 20.0 Å². The smallest absolute Gasteiger partial charge is 0.323 e. The average molecular weight is 454 g/mol. The van der Waals surface area contributed by atoms with E-state index >= 15 is 0 Å². The summed E-state index contributed by atoms with van der Waals surface area (Å²) in [6.07, 6.45) is 0.840. The summed E-state index contributed by atoms with van der Waals surface area (Å²) in [6.45, 7) is 6.65. The number of carbonyl (C=O) groups excluding carboxylic acids is 1. The van der Waals surface area contributed by atoms with E-state index in [1.54, 1.807) is 23.6 Å². The van der Waals surface area contributed by atoms with Crippen molar-refractivity contribution in [1.29, 1.82) is 0 Å². The number of hydrogen-bond donors (Lipinski definition) is 1. The summed E-state index contributed by atoms with van der Waals surface area (Å²) >= 11 is 0. The Labute approximate surface area is 200 Å². The molecule has 0 saturated carbocycles. The highest BCUT2D eigenvalue weighted by Gasteiger charge is 2.22. The van der Waals surface area contributed by atoms with E-state index in [1.165, 1.54) is 0 Å². The molecule has 5 nitrogen and oxygen atoms in total. The molecule has 1 heterocycles. The fraction of sp³-hybridized carbons (Fsp3) is 0.241. The molecular weight excluding hydrogens is 422 g/mol. The van der Waals surface area contributed by atoms with Gasteiger partial charge < -0.3 is 4.90 Å². The Bertz CT molecular complexity index is 1420. The summed E-state index contributed by atoms with van der Waals surface area (Å²) in [7, 11) is 3.48. The molecule has 0 unspecified atom stereocenters. The van der Waals surface area contributed by atoms with Crippen molar-refractivity contribution in [2.45, 2.75) is 33.7 Å². The number of nitrogens with one attached hydrogen (secondary N) is 1. The minimum Gasteiger partial charge on any atom is -0.323 e. The third kappa shape index (κ3) is 4.34. The van der Waals surface area contributed by atoms with E-state index in [2.05, 4.69) is 30.4 Å². The number of anilines is 1. The Morgan fingerprint density at radius 3 is 2.24 bits per heavy atom. The third-order valence-electron chi connectivity index (χ3n) is 6.51. The van der Waals surface area contributed by atoms with Crippen LogP contribution >= 0.6 is 0 Å². The van der Waals surface area contributed by atoms with Gasteiger partial charge in [0.1, 0.15) is 5.82 Å². The van der Waals surface area contributed by atoms with E-state index in [0.717, 1.165) is 45.2 Å². The molecule has 0 radical (unpaired) electrons. The van der Waals surface area contributed by atoms with Gasteiger partial charge in [0, 0.05) is 31.6 Å². The average Bonchev–Trinajstić information content (AvgIpc) is 2.84. The molecule has 0 bridgehead atoms. The quantitative estimate of drug-likeness (QED) is 0.400. The highest BCUT2D eigenvalue weighted by Crippen LogP contribution is 2.37. The second-order valence-corrected chi connectivity index (χ2v) is 8.85. The Hall–Kier alpha value is -3.86. The van der Waals surface area contributed by atoms with Crippen LogP contribution in [0, 0.1) is 13.8 Å². The molecule has 174 valence electrons. The summed E-state index contributed by atoms with van der Waals surface area (Å²) in [5.74, 6) is 0.506. The molecule has 34 heavy (non-hydrogen) atoms. The second kappa shape index (κ2) is 9.56. The van der Waals surface area contributed by atoms with Gasteiger partial charge in [0.25, 0.3) is 5.56 Å². The first kappa shape index (κ1) is 23.3. The van der Waals surface area contributed by atoms with Crippen LogP contribution in [0.4, 0.5) is 10.6 Å². The Kier molecular flexibility index (Phi) is 6.55. The summed E-state index contributed by atoms with van der Waals surface area (Å²) in [6, 6.07) is 21.8. The minimum absolute atomic E-state index is 0.128. The highest BCUT2D eigenvalue weighted by molar-refractivity contribution is 6.05. The van der Waals surface area contributed by atoms with Crippen LogP contribution in [0.25, 0.3) is 21.9 Å². The molecule has 2 amide bonds. The summed E-state index contributed by atoms with van der Waals surface area (Å²) in [4.78, 5) is 28.3. The van der Waals surface area contributed by atoms with Gasteiger partial charge in [-0.05, 0) is 59.5 Å². The molecule has 1 aromatic heterocycles. The standard InChI is InChI=1S/C29H31N3O2/c1-6-22-14-10-11-15-23(22)26-24-16-19(2)20(3)17-25(24)28(33)32(5)27(26)30-29(34)31(4)18-21-12-8-7-9-13-21/h7-17H,6,18H2,1-5H3,(H,30,34). The van der Waals surface area contributed by atoms with Gasteiger partial charge in [-0.2, -0.15) is 0 Å². The topological polar surface area (TPSA) is 54.3 Å². The number of pyridine rings is 1. The molecule has 0 atom stereocenters. The normalized spacial score (nSPS) is 11.0. The molecule has 5 heteroatoms. The zero-order chi connectivity index (χ0) is 24.4. The second-order valence-electron chi connectivity index (χ2n) is 8.85. The lowest BCUT2D eigenvalue weighted by Crippen LogP contribution is -2.33. The Morgan fingerprint density at radius 1 is 0.941 bits per heavy atom. The predicted octanol–water partition coefficient (Wildman–Crippen LogP) is 6.05. The van der Waals surface area contributed by atoms with Crippen LogP contribution in [0.15, 0.2) is 71.5 Å². The van der Waals surface area contributed by atoms with Gasteiger partial charge in [0.2, 0.25) is 0 Å². The Balaban J connectivity index is 1.90. The van der Waals surface area contributed by atoms with Gasteiger partial charge in [-0.1, -0.05) is 67.6 Å². The lowest BCUT2D eigenvalue weighted by molar-refractivity contribution is 0.220. The number of amides is 2. The van der Waals surface area contributed by atoms with E-state index in [4.69, 9.17) is 0 Å². The van der Waals surface area contributed by atoms with Crippen molar-refractivity contribution >= 4 is 22.6 Å². The molecule has 0 aliphatic carbocycles. The van der Waals surface area contributed by atoms with Gasteiger partial charge in [-0.25, -0.2) is 4.79 Å². The number of aryl methyl sites for hydroxylation is 3. The van der Waals surface area contributed by atoms with E-state index in [9.17, 15) is 9.59 Å². The maximum absolute atomic E-state index is 13.4. The van der Waals surface area contributed by atoms with Crippen LogP contribution in [0.5, 0.6) is 0 Å². The maximum atomic E-state index is 13.4. The molecule has 0 spiro atoms. The summed E-state index contributed by atoms with van der Waals surface area (Å²) in [5, 5.41) is 4.58. The van der Waals surface area contributed by atoms with Gasteiger partial charge in [0.15, 0.2) is 0 Å². The van der Waals surface area contributed by atoms with Gasteiger partial charge in [-0.15, -0.1) is 0 Å². The van der Waals surface area contributed by atoms with E-state index < -0.39 is 0 Å². The number of fused-ring (bicyclic) bond motifs is 1. The van der Waals surface area contributed by atoms with Crippen molar-refractivity contribution in [1.82, 2.24) is 9.47 Å². The monoisotopic (exact) mass is 453 g/mol. The summed E-state index contributed by atoms with van der Waals surface area (Å²) < 4.78 is 1.56. The zero-order valence-electron chi connectivity index (χ0n) is 20.5. The third-order valence-corrected chi connectivity index (χ3v) is 6.51. The zero-order valence-corrected chi connectivity index (χ0v) is 20.5. The number of carbonyl (C=O) groups is 1. The first-order valence-electron chi connectivity index (χ1n) is 11.6. The number of rotatable bonds is 5. The molecule has 0 saturated heterocycles. The van der Waals surface area contributed by atoms with E-state index in [-0.39, 0.29) is 11.6 Å². The molecule has 4 aromatic rings. The molecule has 4 rings (SSSR count). The van der Waals surface area contributed by atoms with Crippen molar-refractivity contribution in [2.24, 2.45) is 7.05 Å². The number of benzene rings is 3. The molecule has 0 fully saturated rings. The van der Waals surface area contributed by atoms with Crippen LogP contribution in [0.2, 0.25) is 0 Å². The molecule has 3 aromatic carbocycles. The van der Waals surface area contributed by atoms with Crippen LogP contribution in [0.1, 0.15) is 29.2 Å². The SMILES string of the molecule is CCc1ccccc1-c1c(NC(=O)N(C)Cc2ccccc2)n(C)c(=O)c2cc(C)c(C)cc12. The maximum Gasteiger partial charge on any atom is 0.323 e. The minimum atomic E-state index is -0.266. The largest absolute Gasteiger partial charge is 0.323 e. The fourth-order valence-corrected chi connectivity index (χ4v) is 4.39. The lowest BCUT2D eigenvalue weighted by Gasteiger charge is -2.23. The number of urea groups is 1. The lowest BCUT2D eigenvalue weighted by atomic mass is 9.92. The number of hydrogen-bond acceptors (Lipinski definition) is 2. The first-order chi connectivity index (χ1) is 16.3. The van der Waals surface area contributed by atoms with Crippen LogP contribution in [0.3, 0.4) is 0 Å². The van der Waals surface area contributed by atoms with Crippen molar-refractivity contribution in [2.75, 3.05) is 12.4 Å². The molecule has 0 aliphatic rings. The molecule has 1 N–H and O–H groups in total. The van der Waals surface area contributed by atoms with E-state index in [0.29, 0.717) is 17.7 Å². The first-order valence-corrected chi connectivity index (χ1v) is 11.6. The number of nitrogens with zero attached hydrogens (tertiary/aromatic N) is 2. The fourth-order valence-electron chi connectivity index (χ4n) is 4.39. The van der Waals surface area contributed by atoms with Crippen molar-refractivity contribution in [3.8, 4) is 11.1 Å². The Morgan fingerprint density at radius 2 is 1.56 bits per heavy atom. The van der Waals surface area contributed by atoms with Gasteiger partial charge in [-0.3, -0.25) is 14.7 Å². The highest BCUT2D eigenvalue weighted by atomic mass is 16.2.